The summed E-state index contributed by atoms with van der Waals surface area (Å²) in [5, 5.41) is 8.72. The molecule has 0 N–H and O–H groups in total. The number of nitriles is 1. The molecule has 0 saturated heterocycles. The molecule has 0 amide bonds. The summed E-state index contributed by atoms with van der Waals surface area (Å²) in [6.07, 6.45) is 0. The van der Waals surface area contributed by atoms with E-state index in [9.17, 15) is 0 Å². The van der Waals surface area contributed by atoms with E-state index in [4.69, 9.17) is 5.26 Å². The molecule has 4 heteroatoms. The van der Waals surface area contributed by atoms with Crippen molar-refractivity contribution in [2.24, 2.45) is 7.05 Å². The van der Waals surface area contributed by atoms with E-state index in [0.29, 0.717) is 5.69 Å². The second-order valence-electron chi connectivity index (χ2n) is 2.23. The van der Waals surface area contributed by atoms with Crippen LogP contribution >= 0.6 is 31.9 Å². The molecule has 58 valence electrons. The van der Waals surface area contributed by atoms with Gasteiger partial charge in [0, 0.05) is 12.7 Å². The lowest BCUT2D eigenvalue weighted by molar-refractivity contribution is 0.862. The monoisotopic (exact) mass is 276 g/mol. The fourth-order valence-corrected chi connectivity index (χ4v) is 1.94. The molecule has 0 fully saturated rings. The highest BCUT2D eigenvalue weighted by atomic mass is 79.9. The Labute approximate surface area is 82.1 Å². The molecule has 0 aliphatic carbocycles. The van der Waals surface area contributed by atoms with Gasteiger partial charge in [-0.2, -0.15) is 5.26 Å². The maximum atomic E-state index is 8.72. The standard InChI is InChI=1S/C7H6Br2N2/c1-4-6(8)7(9)5(3-10)11(4)2/h1-2H3. The van der Waals surface area contributed by atoms with Gasteiger partial charge >= 0.3 is 0 Å². The SMILES string of the molecule is Cc1c(Br)c(Br)c(C#N)n1C. The third-order valence-electron chi connectivity index (χ3n) is 1.66. The lowest BCUT2D eigenvalue weighted by atomic mass is 10.4. The van der Waals surface area contributed by atoms with Gasteiger partial charge in [-0.15, -0.1) is 0 Å². The van der Waals surface area contributed by atoms with Crippen molar-refractivity contribution in [1.29, 1.82) is 5.26 Å². The van der Waals surface area contributed by atoms with E-state index in [0.717, 1.165) is 14.6 Å². The number of aromatic nitrogens is 1. The van der Waals surface area contributed by atoms with Gasteiger partial charge in [-0.25, -0.2) is 0 Å². The molecular formula is C7H6Br2N2. The molecule has 0 spiro atoms. The number of hydrogen-bond acceptors (Lipinski definition) is 1. The van der Waals surface area contributed by atoms with Crippen LogP contribution in [0.3, 0.4) is 0 Å². The highest BCUT2D eigenvalue weighted by Crippen LogP contribution is 2.31. The maximum absolute atomic E-state index is 8.72. The first-order valence-electron chi connectivity index (χ1n) is 3.00. The molecule has 0 saturated carbocycles. The number of hydrogen-bond donors (Lipinski definition) is 0. The van der Waals surface area contributed by atoms with Crippen molar-refractivity contribution < 1.29 is 0 Å². The smallest absolute Gasteiger partial charge is 0.135 e. The first kappa shape index (κ1) is 8.82. The highest BCUT2D eigenvalue weighted by Gasteiger charge is 2.13. The van der Waals surface area contributed by atoms with Crippen LogP contribution in [0, 0.1) is 18.3 Å². The van der Waals surface area contributed by atoms with Gasteiger partial charge in [0.25, 0.3) is 0 Å². The normalized spacial score (nSPS) is 9.73. The van der Waals surface area contributed by atoms with E-state index in [1.165, 1.54) is 0 Å². The summed E-state index contributed by atoms with van der Waals surface area (Å²) < 4.78 is 3.63. The predicted molar refractivity (Wildman–Crippen MR) is 50.3 cm³/mol. The average molecular weight is 278 g/mol. The molecule has 0 unspecified atom stereocenters. The fourth-order valence-electron chi connectivity index (χ4n) is 0.849. The highest BCUT2D eigenvalue weighted by molar-refractivity contribution is 9.13. The Bertz CT molecular complexity index is 308. The van der Waals surface area contributed by atoms with Gasteiger partial charge in [0.1, 0.15) is 11.8 Å². The van der Waals surface area contributed by atoms with Gasteiger partial charge in [0.2, 0.25) is 0 Å². The molecule has 1 heterocycles. The minimum atomic E-state index is 0.648. The van der Waals surface area contributed by atoms with Gasteiger partial charge in [0.15, 0.2) is 0 Å². The van der Waals surface area contributed by atoms with Crippen LogP contribution in [0.25, 0.3) is 0 Å². The van der Waals surface area contributed by atoms with Crippen molar-refractivity contribution in [2.45, 2.75) is 6.92 Å². The third-order valence-corrected chi connectivity index (χ3v) is 3.94. The van der Waals surface area contributed by atoms with Crippen molar-refractivity contribution in [3.63, 3.8) is 0 Å². The van der Waals surface area contributed by atoms with Crippen LogP contribution in [0.5, 0.6) is 0 Å². The van der Waals surface area contributed by atoms with Crippen LogP contribution < -0.4 is 0 Å². The summed E-state index contributed by atoms with van der Waals surface area (Å²) in [5.74, 6) is 0. The minimum Gasteiger partial charge on any atom is -0.338 e. The molecule has 0 radical (unpaired) electrons. The van der Waals surface area contributed by atoms with E-state index in [1.54, 1.807) is 0 Å². The molecule has 0 aliphatic heterocycles. The Balaban J connectivity index is 3.51. The van der Waals surface area contributed by atoms with Gasteiger partial charge in [-0.3, -0.25) is 0 Å². The minimum absolute atomic E-state index is 0.648. The van der Waals surface area contributed by atoms with Crippen molar-refractivity contribution in [2.75, 3.05) is 0 Å². The van der Waals surface area contributed by atoms with Crippen LogP contribution in [0.15, 0.2) is 8.95 Å². The van der Waals surface area contributed by atoms with Crippen LogP contribution in [-0.4, -0.2) is 4.57 Å². The van der Waals surface area contributed by atoms with Crippen LogP contribution in [0.4, 0.5) is 0 Å². The molecule has 11 heavy (non-hydrogen) atoms. The Morgan fingerprint density at radius 1 is 1.36 bits per heavy atom. The van der Waals surface area contributed by atoms with E-state index in [-0.39, 0.29) is 0 Å². The predicted octanol–water partition coefficient (Wildman–Crippen LogP) is 2.73. The number of rotatable bonds is 0. The summed E-state index contributed by atoms with van der Waals surface area (Å²) in [7, 11) is 1.86. The quantitative estimate of drug-likeness (QED) is 0.717. The summed E-state index contributed by atoms with van der Waals surface area (Å²) in [5.41, 5.74) is 1.70. The van der Waals surface area contributed by atoms with Crippen molar-refractivity contribution in [1.82, 2.24) is 4.57 Å². The zero-order valence-corrected chi connectivity index (χ0v) is 9.32. The van der Waals surface area contributed by atoms with Crippen molar-refractivity contribution >= 4 is 31.9 Å². The van der Waals surface area contributed by atoms with Crippen molar-refractivity contribution in [3.05, 3.63) is 20.3 Å². The summed E-state index contributed by atoms with van der Waals surface area (Å²) in [6.45, 7) is 1.95. The number of nitrogens with zero attached hydrogens (tertiary/aromatic N) is 2. The summed E-state index contributed by atoms with van der Waals surface area (Å²) in [6, 6.07) is 2.11. The first-order valence-corrected chi connectivity index (χ1v) is 4.58. The topological polar surface area (TPSA) is 28.7 Å². The van der Waals surface area contributed by atoms with Crippen LogP contribution in [0.2, 0.25) is 0 Å². The van der Waals surface area contributed by atoms with Gasteiger partial charge in [-0.1, -0.05) is 0 Å². The maximum Gasteiger partial charge on any atom is 0.135 e. The Kier molecular flexibility index (Phi) is 2.40. The third kappa shape index (κ3) is 1.23. The first-order chi connectivity index (χ1) is 5.09. The molecule has 2 nitrogen and oxygen atoms in total. The van der Waals surface area contributed by atoms with Gasteiger partial charge in [-0.05, 0) is 38.8 Å². The van der Waals surface area contributed by atoms with E-state index >= 15 is 0 Å². The van der Waals surface area contributed by atoms with Crippen LogP contribution in [0.1, 0.15) is 11.4 Å². The molecular weight excluding hydrogens is 272 g/mol. The Hall–Kier alpha value is -0.270. The molecule has 1 aromatic heterocycles. The van der Waals surface area contributed by atoms with Crippen LogP contribution in [-0.2, 0) is 7.05 Å². The van der Waals surface area contributed by atoms with Crippen molar-refractivity contribution in [3.8, 4) is 6.07 Å². The van der Waals surface area contributed by atoms with E-state index < -0.39 is 0 Å². The Morgan fingerprint density at radius 2 is 1.91 bits per heavy atom. The van der Waals surface area contributed by atoms with E-state index in [1.807, 2.05) is 18.5 Å². The largest absolute Gasteiger partial charge is 0.338 e. The molecule has 1 rings (SSSR count). The average Bonchev–Trinajstić information content (AvgIpc) is 2.17. The zero-order valence-electron chi connectivity index (χ0n) is 6.15. The molecule has 0 aliphatic rings. The second kappa shape index (κ2) is 3.00. The molecule has 0 bridgehead atoms. The Morgan fingerprint density at radius 3 is 2.09 bits per heavy atom. The van der Waals surface area contributed by atoms with E-state index in [2.05, 4.69) is 37.9 Å². The van der Waals surface area contributed by atoms with Gasteiger partial charge in [0.05, 0.1) is 8.95 Å². The summed E-state index contributed by atoms with van der Waals surface area (Å²) >= 11 is 6.69. The molecule has 1 aromatic rings. The zero-order chi connectivity index (χ0) is 8.59. The molecule has 0 atom stereocenters. The second-order valence-corrected chi connectivity index (χ2v) is 3.82. The molecule has 0 aromatic carbocycles. The lowest BCUT2D eigenvalue weighted by Crippen LogP contribution is -1.93. The fraction of sp³-hybridized carbons (Fsp3) is 0.286. The lowest BCUT2D eigenvalue weighted by Gasteiger charge is -1.95. The summed E-state index contributed by atoms with van der Waals surface area (Å²) in [4.78, 5) is 0. The van der Waals surface area contributed by atoms with Gasteiger partial charge < -0.3 is 4.57 Å². The number of halogens is 2.